The summed E-state index contributed by atoms with van der Waals surface area (Å²) in [4.78, 5) is 11.5. The molecule has 1 atom stereocenters. The fourth-order valence-electron chi connectivity index (χ4n) is 3.73. The molecular formula is C19H23N5. The van der Waals surface area contributed by atoms with Crippen LogP contribution in [0.25, 0.3) is 16.7 Å². The molecule has 24 heavy (non-hydrogen) atoms. The van der Waals surface area contributed by atoms with Crippen molar-refractivity contribution in [3.63, 3.8) is 0 Å². The van der Waals surface area contributed by atoms with Gasteiger partial charge in [-0.15, -0.1) is 0 Å². The molecule has 1 aliphatic rings. The minimum atomic E-state index is 0.707. The quantitative estimate of drug-likeness (QED) is 0.722. The van der Waals surface area contributed by atoms with Crippen molar-refractivity contribution in [2.75, 3.05) is 18.0 Å². The van der Waals surface area contributed by atoms with E-state index in [0.717, 1.165) is 35.6 Å². The lowest BCUT2D eigenvalue weighted by molar-refractivity contribution is 0.445. The largest absolute Gasteiger partial charge is 0.356 e. The third-order valence-corrected chi connectivity index (χ3v) is 4.75. The Morgan fingerprint density at radius 1 is 1.08 bits per heavy atom. The Balaban J connectivity index is 1.81. The first-order chi connectivity index (χ1) is 11.6. The standard InChI is InChI=1S/C19H23N5/c1-13-5-4-6-23(11-13)18-17-10-22-24(19(17)21-12-20-18)16-8-14(2)7-15(3)9-16/h7-10,12-13H,4-6,11H2,1-3H3/t13-/m0/s1. The predicted molar refractivity (Wildman–Crippen MR) is 96.7 cm³/mol. The second-order valence-corrected chi connectivity index (χ2v) is 7.03. The molecule has 5 nitrogen and oxygen atoms in total. The van der Waals surface area contributed by atoms with E-state index >= 15 is 0 Å². The zero-order chi connectivity index (χ0) is 16.7. The molecule has 0 aliphatic carbocycles. The predicted octanol–water partition coefficient (Wildman–Crippen LogP) is 3.67. The van der Waals surface area contributed by atoms with Crippen LogP contribution in [0, 0.1) is 19.8 Å². The summed E-state index contributed by atoms with van der Waals surface area (Å²) in [5.41, 5.74) is 4.39. The number of fused-ring (bicyclic) bond motifs is 1. The van der Waals surface area contributed by atoms with Crippen molar-refractivity contribution in [3.8, 4) is 5.69 Å². The van der Waals surface area contributed by atoms with Crippen LogP contribution >= 0.6 is 0 Å². The van der Waals surface area contributed by atoms with Gasteiger partial charge in [0.1, 0.15) is 12.1 Å². The van der Waals surface area contributed by atoms with Gasteiger partial charge in [-0.3, -0.25) is 0 Å². The summed E-state index contributed by atoms with van der Waals surface area (Å²) in [6, 6.07) is 6.46. The summed E-state index contributed by atoms with van der Waals surface area (Å²) in [5, 5.41) is 5.64. The molecule has 0 spiro atoms. The third kappa shape index (κ3) is 2.64. The maximum absolute atomic E-state index is 4.61. The minimum absolute atomic E-state index is 0.707. The summed E-state index contributed by atoms with van der Waals surface area (Å²) in [6.45, 7) is 8.64. The molecule has 5 heteroatoms. The molecule has 1 aromatic carbocycles. The molecule has 124 valence electrons. The average Bonchev–Trinajstić information content (AvgIpc) is 2.98. The molecule has 0 radical (unpaired) electrons. The summed E-state index contributed by atoms with van der Waals surface area (Å²) in [5.74, 6) is 1.72. The zero-order valence-corrected chi connectivity index (χ0v) is 14.5. The first kappa shape index (κ1) is 15.1. The van der Waals surface area contributed by atoms with Crippen LogP contribution in [0.1, 0.15) is 30.9 Å². The first-order valence-electron chi connectivity index (χ1n) is 8.64. The van der Waals surface area contributed by atoms with Crippen LogP contribution < -0.4 is 4.90 Å². The molecule has 4 rings (SSSR count). The smallest absolute Gasteiger partial charge is 0.168 e. The van der Waals surface area contributed by atoms with Gasteiger partial charge < -0.3 is 4.90 Å². The number of hydrogen-bond donors (Lipinski definition) is 0. The van der Waals surface area contributed by atoms with Crippen LogP contribution in [0.4, 0.5) is 5.82 Å². The highest BCUT2D eigenvalue weighted by Crippen LogP contribution is 2.28. The third-order valence-electron chi connectivity index (χ3n) is 4.75. The summed E-state index contributed by atoms with van der Waals surface area (Å²) < 4.78 is 1.92. The lowest BCUT2D eigenvalue weighted by Gasteiger charge is -2.31. The Hall–Kier alpha value is -2.43. The van der Waals surface area contributed by atoms with Crippen LogP contribution in [0.15, 0.2) is 30.7 Å². The number of piperidine rings is 1. The highest BCUT2D eigenvalue weighted by molar-refractivity contribution is 5.87. The number of nitrogens with zero attached hydrogens (tertiary/aromatic N) is 5. The van der Waals surface area contributed by atoms with Crippen molar-refractivity contribution in [1.82, 2.24) is 19.7 Å². The second-order valence-electron chi connectivity index (χ2n) is 7.03. The highest BCUT2D eigenvalue weighted by Gasteiger charge is 2.21. The van der Waals surface area contributed by atoms with E-state index in [1.165, 1.54) is 24.0 Å². The number of benzene rings is 1. The van der Waals surface area contributed by atoms with Crippen molar-refractivity contribution >= 4 is 16.9 Å². The van der Waals surface area contributed by atoms with E-state index in [1.807, 2.05) is 10.9 Å². The van der Waals surface area contributed by atoms with Crippen molar-refractivity contribution in [1.29, 1.82) is 0 Å². The Labute approximate surface area is 142 Å². The fourth-order valence-corrected chi connectivity index (χ4v) is 3.73. The molecule has 0 bridgehead atoms. The Morgan fingerprint density at radius 3 is 2.62 bits per heavy atom. The second kappa shape index (κ2) is 5.89. The average molecular weight is 321 g/mol. The molecular weight excluding hydrogens is 298 g/mol. The van der Waals surface area contributed by atoms with Gasteiger partial charge in [0.2, 0.25) is 0 Å². The van der Waals surface area contributed by atoms with E-state index in [2.05, 4.69) is 58.9 Å². The van der Waals surface area contributed by atoms with E-state index in [4.69, 9.17) is 0 Å². The van der Waals surface area contributed by atoms with E-state index in [9.17, 15) is 0 Å². The van der Waals surface area contributed by atoms with Gasteiger partial charge in [0.25, 0.3) is 0 Å². The molecule has 1 aliphatic heterocycles. The van der Waals surface area contributed by atoms with Crippen molar-refractivity contribution in [2.45, 2.75) is 33.6 Å². The van der Waals surface area contributed by atoms with E-state index < -0.39 is 0 Å². The number of aryl methyl sites for hydroxylation is 2. The van der Waals surface area contributed by atoms with Gasteiger partial charge in [0.05, 0.1) is 17.3 Å². The normalized spacial score (nSPS) is 18.3. The van der Waals surface area contributed by atoms with Crippen molar-refractivity contribution < 1.29 is 0 Å². The Morgan fingerprint density at radius 2 is 1.88 bits per heavy atom. The molecule has 0 N–H and O–H groups in total. The number of hydrogen-bond acceptors (Lipinski definition) is 4. The Kier molecular flexibility index (Phi) is 3.71. The van der Waals surface area contributed by atoms with Gasteiger partial charge in [0, 0.05) is 13.1 Å². The zero-order valence-electron chi connectivity index (χ0n) is 14.5. The molecule has 3 heterocycles. The number of rotatable bonds is 2. The molecule has 1 saturated heterocycles. The maximum Gasteiger partial charge on any atom is 0.168 e. The van der Waals surface area contributed by atoms with E-state index in [-0.39, 0.29) is 0 Å². The lowest BCUT2D eigenvalue weighted by atomic mass is 10.0. The summed E-state index contributed by atoms with van der Waals surface area (Å²) in [6.07, 6.45) is 6.09. The molecule has 3 aromatic rings. The first-order valence-corrected chi connectivity index (χ1v) is 8.64. The van der Waals surface area contributed by atoms with Crippen LogP contribution in [0.2, 0.25) is 0 Å². The number of anilines is 1. The minimum Gasteiger partial charge on any atom is -0.356 e. The van der Waals surface area contributed by atoms with Gasteiger partial charge in [0.15, 0.2) is 5.65 Å². The van der Waals surface area contributed by atoms with Crippen molar-refractivity contribution in [2.24, 2.45) is 5.92 Å². The molecule has 1 fully saturated rings. The molecule has 0 unspecified atom stereocenters. The van der Waals surface area contributed by atoms with E-state index in [0.29, 0.717) is 5.92 Å². The van der Waals surface area contributed by atoms with Crippen LogP contribution in [-0.2, 0) is 0 Å². The Bertz CT molecular complexity index is 862. The maximum atomic E-state index is 4.61. The molecule has 0 amide bonds. The van der Waals surface area contributed by atoms with E-state index in [1.54, 1.807) is 6.33 Å². The summed E-state index contributed by atoms with van der Waals surface area (Å²) in [7, 11) is 0. The van der Waals surface area contributed by atoms with Crippen molar-refractivity contribution in [3.05, 3.63) is 41.9 Å². The monoisotopic (exact) mass is 321 g/mol. The fraction of sp³-hybridized carbons (Fsp3) is 0.421. The van der Waals surface area contributed by atoms with Crippen LogP contribution in [0.5, 0.6) is 0 Å². The number of aromatic nitrogens is 4. The molecule has 0 saturated carbocycles. The SMILES string of the molecule is Cc1cc(C)cc(-n2ncc3c(N4CCC[C@H](C)C4)ncnc32)c1. The molecule has 2 aromatic heterocycles. The lowest BCUT2D eigenvalue weighted by Crippen LogP contribution is -2.34. The van der Waals surface area contributed by atoms with Gasteiger partial charge in [-0.2, -0.15) is 5.10 Å². The van der Waals surface area contributed by atoms with Gasteiger partial charge >= 0.3 is 0 Å². The van der Waals surface area contributed by atoms with Gasteiger partial charge in [-0.05, 0) is 55.9 Å². The highest BCUT2D eigenvalue weighted by atomic mass is 15.3. The summed E-state index contributed by atoms with van der Waals surface area (Å²) >= 11 is 0. The topological polar surface area (TPSA) is 46.8 Å². The van der Waals surface area contributed by atoms with Crippen LogP contribution in [-0.4, -0.2) is 32.8 Å². The van der Waals surface area contributed by atoms with Gasteiger partial charge in [-0.25, -0.2) is 14.6 Å². The van der Waals surface area contributed by atoms with Gasteiger partial charge in [-0.1, -0.05) is 13.0 Å². The van der Waals surface area contributed by atoms with Crippen LogP contribution in [0.3, 0.4) is 0 Å².